The molecule has 0 fully saturated rings. The van der Waals surface area contributed by atoms with Crippen LogP contribution in [0.5, 0.6) is 0 Å². The van der Waals surface area contributed by atoms with E-state index in [2.05, 4.69) is 6.58 Å². The van der Waals surface area contributed by atoms with Gasteiger partial charge in [-0.1, -0.05) is 32.8 Å². The second-order valence-corrected chi connectivity index (χ2v) is 8.19. The lowest BCUT2D eigenvalue weighted by Gasteiger charge is -2.44. The minimum Gasteiger partial charge on any atom is -0.478 e. The highest BCUT2D eigenvalue weighted by molar-refractivity contribution is 5.78. The number of carboxylic acids is 1. The summed E-state index contributed by atoms with van der Waals surface area (Å²) < 4.78 is 266. The van der Waals surface area contributed by atoms with Crippen LogP contribution in [0.4, 0.5) is 87.8 Å². The van der Waals surface area contributed by atoms with Gasteiger partial charge < -0.3 is 10.2 Å². The smallest absolute Gasteiger partial charge is 0.423 e. The Balaban J connectivity index is 0. The molecule has 0 aliphatic rings. The molecule has 3 nitrogen and oxygen atoms in total. The van der Waals surface area contributed by atoms with E-state index >= 15 is 0 Å². The zero-order valence-corrected chi connectivity index (χ0v) is 20.2. The maximum Gasteiger partial charge on any atom is 0.423 e. The molecule has 23 heteroatoms. The zero-order chi connectivity index (χ0) is 34.8. The number of carboxylic acid groups (broad SMARTS) is 1. The summed E-state index contributed by atoms with van der Waals surface area (Å²) in [7, 11) is 0. The van der Waals surface area contributed by atoms with Gasteiger partial charge in [0.25, 0.3) is 0 Å². The summed E-state index contributed by atoms with van der Waals surface area (Å²) in [5.74, 6) is -76.6. The van der Waals surface area contributed by atoms with Crippen LogP contribution in [-0.2, 0) is 4.79 Å². The van der Waals surface area contributed by atoms with Gasteiger partial charge in [0.05, 0.1) is 0 Å². The average molecular weight is 674 g/mol. The fourth-order valence-corrected chi connectivity index (χ4v) is 2.53. The van der Waals surface area contributed by atoms with Crippen LogP contribution < -0.4 is 0 Å². The number of aliphatic carboxylic acids is 1. The molecule has 0 saturated heterocycles. The van der Waals surface area contributed by atoms with E-state index in [0.29, 0.717) is 0 Å². The summed E-state index contributed by atoms with van der Waals surface area (Å²) in [6, 6.07) is 0. The second kappa shape index (κ2) is 12.4. The van der Waals surface area contributed by atoms with Crippen molar-refractivity contribution in [2.75, 3.05) is 0 Å². The molecule has 0 amide bonds. The van der Waals surface area contributed by atoms with Gasteiger partial charge in [-0.15, -0.1) is 0 Å². The lowest BCUT2D eigenvalue weighted by molar-refractivity contribution is -0.479. The van der Waals surface area contributed by atoms with Crippen LogP contribution in [0.25, 0.3) is 0 Å². The van der Waals surface area contributed by atoms with E-state index in [1.165, 1.54) is 6.92 Å². The number of rotatable bonds is 15. The Morgan fingerprint density at radius 1 is 0.548 bits per heavy atom. The normalized spacial score (nSPS) is 15.2. The van der Waals surface area contributed by atoms with Crippen molar-refractivity contribution in [1.29, 1.82) is 0 Å². The van der Waals surface area contributed by atoms with Gasteiger partial charge in [0.1, 0.15) is 0 Å². The van der Waals surface area contributed by atoms with Crippen molar-refractivity contribution >= 4 is 5.97 Å². The summed E-state index contributed by atoms with van der Waals surface area (Å²) in [6.45, 7) is 4.35. The van der Waals surface area contributed by atoms with Gasteiger partial charge in [0.2, 0.25) is 0 Å². The van der Waals surface area contributed by atoms with Gasteiger partial charge >= 0.3 is 65.4 Å². The van der Waals surface area contributed by atoms with Crippen LogP contribution in [-0.4, -0.2) is 75.6 Å². The van der Waals surface area contributed by atoms with E-state index < -0.39 is 84.6 Å². The molecule has 0 radical (unpaired) electrons. The van der Waals surface area contributed by atoms with Crippen LogP contribution in [0, 0.1) is 0 Å². The van der Waals surface area contributed by atoms with Gasteiger partial charge in [-0.3, -0.25) is 0 Å². The minimum atomic E-state index is -9.07. The average Bonchev–Trinajstić information content (AvgIpc) is 2.80. The van der Waals surface area contributed by atoms with E-state index in [1.54, 1.807) is 0 Å². The van der Waals surface area contributed by atoms with E-state index in [4.69, 9.17) is 10.2 Å². The van der Waals surface area contributed by atoms with E-state index in [-0.39, 0.29) is 12.8 Å². The lowest BCUT2D eigenvalue weighted by atomic mass is 9.85. The summed E-state index contributed by atoms with van der Waals surface area (Å²) in [5.41, 5.74) is 0. The Morgan fingerprint density at radius 3 is 1.05 bits per heavy atom. The Kier molecular flexibility index (Phi) is 12.4. The van der Waals surface area contributed by atoms with Crippen molar-refractivity contribution in [3.63, 3.8) is 0 Å². The number of alkyl halides is 20. The summed E-state index contributed by atoms with van der Waals surface area (Å²) in [4.78, 5) is 9.25. The highest BCUT2D eigenvalue weighted by Gasteiger charge is 2.97. The fraction of sp³-hybridized carbons (Fsp3) is 0.842. The zero-order valence-electron chi connectivity index (χ0n) is 20.2. The van der Waals surface area contributed by atoms with Gasteiger partial charge in [-0.05, 0) is 6.42 Å². The second-order valence-electron chi connectivity index (χ2n) is 8.19. The van der Waals surface area contributed by atoms with Crippen LogP contribution in [0.15, 0.2) is 12.7 Å². The number of halogens is 20. The number of hydrogen-bond acceptors (Lipinski definition) is 2. The predicted octanol–water partition coefficient (Wildman–Crippen LogP) is 8.52. The van der Waals surface area contributed by atoms with Crippen molar-refractivity contribution in [3.8, 4) is 0 Å². The standard InChI is InChI=1S/C16H14F20O.C3H4O2/c1-2-3-4-5-6-7(17,18)8(19,20)9(21,22)10(23,24)11(25,26)12(27,28)13(29,30)14(31,32)15(33,34)16(35,36)37;1-2-3(4)5/h37H,2-6H2,1H3;2H,1H2,(H,4,5). The molecule has 2 N–H and O–H groups in total. The third-order valence-corrected chi connectivity index (χ3v) is 5.12. The van der Waals surface area contributed by atoms with Gasteiger partial charge in [-0.25, -0.2) is 4.79 Å². The number of carbonyl (C=O) groups is 1. The molecular formula is C19H18F20O3. The first-order chi connectivity index (χ1) is 18.1. The van der Waals surface area contributed by atoms with Crippen LogP contribution in [0.2, 0.25) is 0 Å². The molecule has 0 aliphatic carbocycles. The number of hydrogen-bond donors (Lipinski definition) is 2. The molecule has 42 heavy (non-hydrogen) atoms. The van der Waals surface area contributed by atoms with E-state index in [1.807, 2.05) is 0 Å². The molecule has 0 aromatic carbocycles. The molecule has 0 bridgehead atoms. The van der Waals surface area contributed by atoms with Crippen molar-refractivity contribution in [1.82, 2.24) is 0 Å². The highest BCUT2D eigenvalue weighted by atomic mass is 19.4. The molecule has 0 spiro atoms. The lowest BCUT2D eigenvalue weighted by Crippen LogP contribution is -2.77. The maximum atomic E-state index is 13.7. The molecular weight excluding hydrogens is 656 g/mol. The van der Waals surface area contributed by atoms with Gasteiger partial charge in [0, 0.05) is 12.5 Å². The SMILES string of the molecule is C=CC(=O)O.CCCCCCC(F)(F)C(F)(F)C(F)(F)C(F)(F)C(F)(F)C(F)(F)C(F)(F)C(F)(F)C(F)(F)C(O)(F)F. The number of aliphatic hydroxyl groups is 1. The third-order valence-electron chi connectivity index (χ3n) is 5.12. The Morgan fingerprint density at radius 2 is 0.810 bits per heavy atom. The first-order valence-corrected chi connectivity index (χ1v) is 10.4. The van der Waals surface area contributed by atoms with Crippen molar-refractivity contribution < 1.29 is 103 Å². The molecule has 0 aromatic rings. The highest BCUT2D eigenvalue weighted by Crippen LogP contribution is 2.66. The third kappa shape index (κ3) is 6.63. The first kappa shape index (κ1) is 41.9. The summed E-state index contributed by atoms with van der Waals surface area (Å²) >= 11 is 0. The maximum absolute atomic E-state index is 13.7. The monoisotopic (exact) mass is 674 g/mol. The Bertz CT molecular complexity index is 922. The van der Waals surface area contributed by atoms with Crippen LogP contribution in [0.1, 0.15) is 39.0 Å². The fourth-order valence-electron chi connectivity index (χ4n) is 2.53. The van der Waals surface area contributed by atoms with E-state index in [9.17, 15) is 92.6 Å². The molecule has 0 atom stereocenters. The van der Waals surface area contributed by atoms with Crippen molar-refractivity contribution in [2.45, 2.75) is 98.4 Å². The number of unbranched alkanes of at least 4 members (excludes halogenated alkanes) is 3. The molecule has 0 rings (SSSR count). The van der Waals surface area contributed by atoms with Gasteiger partial charge in [0.15, 0.2) is 0 Å². The predicted molar refractivity (Wildman–Crippen MR) is 98.3 cm³/mol. The molecule has 0 unspecified atom stereocenters. The largest absolute Gasteiger partial charge is 0.478 e. The van der Waals surface area contributed by atoms with Crippen molar-refractivity contribution in [2.24, 2.45) is 0 Å². The van der Waals surface area contributed by atoms with Gasteiger partial charge in [-0.2, -0.15) is 87.8 Å². The molecule has 0 aliphatic heterocycles. The van der Waals surface area contributed by atoms with Crippen LogP contribution >= 0.6 is 0 Å². The van der Waals surface area contributed by atoms with E-state index in [0.717, 1.165) is 6.08 Å². The quantitative estimate of drug-likeness (QED) is 0.104. The van der Waals surface area contributed by atoms with Crippen LogP contribution in [0.3, 0.4) is 0 Å². The minimum absolute atomic E-state index is 0.0562. The summed E-state index contributed by atoms with van der Waals surface area (Å²) in [6.07, 6.45) is -10.7. The first-order valence-electron chi connectivity index (χ1n) is 10.4. The summed E-state index contributed by atoms with van der Waals surface area (Å²) in [5, 5.41) is 15.1. The molecule has 252 valence electrons. The molecule has 0 saturated carbocycles. The topological polar surface area (TPSA) is 57.5 Å². The molecule has 0 aromatic heterocycles. The Labute approximate surface area is 221 Å². The Hall–Kier alpha value is -2.23. The molecule has 0 heterocycles. The van der Waals surface area contributed by atoms with Crippen molar-refractivity contribution in [3.05, 3.63) is 12.7 Å².